The summed E-state index contributed by atoms with van der Waals surface area (Å²) in [5, 5.41) is 5.45. The Bertz CT molecular complexity index is 486. The summed E-state index contributed by atoms with van der Waals surface area (Å²) in [7, 11) is 1.62. The molecule has 2 rings (SSSR count). The molecule has 0 radical (unpaired) electrons. The van der Waals surface area contributed by atoms with E-state index in [1.165, 1.54) is 0 Å². The van der Waals surface area contributed by atoms with Gasteiger partial charge in [-0.05, 0) is 43.7 Å². The zero-order valence-corrected chi connectivity index (χ0v) is 11.6. The van der Waals surface area contributed by atoms with Crippen LogP contribution in [0.25, 0.3) is 0 Å². The molecule has 108 valence electrons. The third-order valence-corrected chi connectivity index (χ3v) is 3.45. The number of nitrogens with zero attached hydrogens (tertiary/aromatic N) is 1. The SMILES string of the molecule is CNC(=O)C1CCCN1CC(=O)Nc1ccc(N)cc1. The van der Waals surface area contributed by atoms with Crippen molar-refractivity contribution in [1.29, 1.82) is 0 Å². The summed E-state index contributed by atoms with van der Waals surface area (Å²) >= 11 is 0. The second kappa shape index (κ2) is 6.38. The second-order valence-electron chi connectivity index (χ2n) is 4.91. The first-order valence-corrected chi connectivity index (χ1v) is 6.71. The van der Waals surface area contributed by atoms with Gasteiger partial charge >= 0.3 is 0 Å². The van der Waals surface area contributed by atoms with Gasteiger partial charge < -0.3 is 16.4 Å². The number of hydrogen-bond donors (Lipinski definition) is 3. The largest absolute Gasteiger partial charge is 0.399 e. The van der Waals surface area contributed by atoms with Crippen LogP contribution in [-0.2, 0) is 9.59 Å². The summed E-state index contributed by atoms with van der Waals surface area (Å²) in [5.74, 6) is -0.145. The first-order valence-electron chi connectivity index (χ1n) is 6.71. The monoisotopic (exact) mass is 276 g/mol. The van der Waals surface area contributed by atoms with Crippen LogP contribution < -0.4 is 16.4 Å². The molecule has 1 unspecified atom stereocenters. The number of carbonyl (C=O) groups excluding carboxylic acids is 2. The molecule has 0 spiro atoms. The number of nitrogen functional groups attached to an aromatic ring is 1. The zero-order chi connectivity index (χ0) is 14.5. The average Bonchev–Trinajstić information content (AvgIpc) is 2.88. The van der Waals surface area contributed by atoms with Crippen molar-refractivity contribution in [3.8, 4) is 0 Å². The van der Waals surface area contributed by atoms with Gasteiger partial charge in [0.25, 0.3) is 0 Å². The van der Waals surface area contributed by atoms with Gasteiger partial charge in [-0.25, -0.2) is 0 Å². The molecule has 1 fully saturated rings. The lowest BCUT2D eigenvalue weighted by molar-refractivity contribution is -0.126. The second-order valence-corrected chi connectivity index (χ2v) is 4.91. The van der Waals surface area contributed by atoms with Crippen molar-refractivity contribution in [3.63, 3.8) is 0 Å². The van der Waals surface area contributed by atoms with Crippen molar-refractivity contribution in [1.82, 2.24) is 10.2 Å². The highest BCUT2D eigenvalue weighted by atomic mass is 16.2. The molecular weight excluding hydrogens is 256 g/mol. The maximum atomic E-state index is 12.0. The number of hydrogen-bond acceptors (Lipinski definition) is 4. The average molecular weight is 276 g/mol. The van der Waals surface area contributed by atoms with Gasteiger partial charge in [-0.3, -0.25) is 14.5 Å². The van der Waals surface area contributed by atoms with Crippen molar-refractivity contribution in [2.24, 2.45) is 0 Å². The van der Waals surface area contributed by atoms with Gasteiger partial charge in [-0.15, -0.1) is 0 Å². The number of likely N-dealkylation sites (N-methyl/N-ethyl adjacent to an activating group) is 1. The first-order chi connectivity index (χ1) is 9.60. The number of nitrogens with two attached hydrogens (primary N) is 1. The summed E-state index contributed by atoms with van der Waals surface area (Å²) in [6.07, 6.45) is 1.74. The number of carbonyl (C=O) groups is 2. The van der Waals surface area contributed by atoms with Crippen molar-refractivity contribution in [3.05, 3.63) is 24.3 Å². The summed E-state index contributed by atoms with van der Waals surface area (Å²) in [6, 6.07) is 6.79. The molecule has 0 bridgehead atoms. The predicted molar refractivity (Wildman–Crippen MR) is 78.1 cm³/mol. The molecule has 0 aliphatic carbocycles. The highest BCUT2D eigenvalue weighted by molar-refractivity contribution is 5.93. The Morgan fingerprint density at radius 1 is 1.35 bits per heavy atom. The Morgan fingerprint density at radius 3 is 2.70 bits per heavy atom. The van der Waals surface area contributed by atoms with E-state index in [-0.39, 0.29) is 24.4 Å². The number of benzene rings is 1. The van der Waals surface area contributed by atoms with Crippen LogP contribution in [0.2, 0.25) is 0 Å². The molecule has 1 aliphatic heterocycles. The van der Waals surface area contributed by atoms with Crippen LogP contribution >= 0.6 is 0 Å². The summed E-state index contributed by atoms with van der Waals surface area (Å²) < 4.78 is 0. The highest BCUT2D eigenvalue weighted by Crippen LogP contribution is 2.17. The van der Waals surface area contributed by atoms with Crippen LogP contribution in [-0.4, -0.2) is 42.9 Å². The van der Waals surface area contributed by atoms with Gasteiger partial charge in [0, 0.05) is 18.4 Å². The highest BCUT2D eigenvalue weighted by Gasteiger charge is 2.31. The van der Waals surface area contributed by atoms with E-state index in [2.05, 4.69) is 10.6 Å². The fourth-order valence-corrected chi connectivity index (χ4v) is 2.43. The van der Waals surface area contributed by atoms with Gasteiger partial charge in [-0.1, -0.05) is 0 Å². The fraction of sp³-hybridized carbons (Fsp3) is 0.429. The van der Waals surface area contributed by atoms with Crippen molar-refractivity contribution in [2.75, 3.05) is 31.2 Å². The summed E-state index contributed by atoms with van der Waals surface area (Å²) in [4.78, 5) is 25.6. The lowest BCUT2D eigenvalue weighted by atomic mass is 10.2. The molecule has 1 aromatic rings. The molecule has 1 saturated heterocycles. The van der Waals surface area contributed by atoms with Gasteiger partial charge in [-0.2, -0.15) is 0 Å². The van der Waals surface area contributed by atoms with Crippen LogP contribution in [0.1, 0.15) is 12.8 Å². The summed E-state index contributed by atoms with van der Waals surface area (Å²) in [6.45, 7) is 0.996. The molecule has 6 nitrogen and oxygen atoms in total. The number of anilines is 2. The maximum absolute atomic E-state index is 12.0. The molecule has 20 heavy (non-hydrogen) atoms. The Balaban J connectivity index is 1.90. The lowest BCUT2D eigenvalue weighted by Crippen LogP contribution is -2.45. The molecule has 1 aliphatic rings. The van der Waals surface area contributed by atoms with Crippen molar-refractivity contribution in [2.45, 2.75) is 18.9 Å². The Labute approximate surface area is 118 Å². The van der Waals surface area contributed by atoms with Gasteiger partial charge in [0.05, 0.1) is 12.6 Å². The molecular formula is C14H20N4O2. The van der Waals surface area contributed by atoms with E-state index in [9.17, 15) is 9.59 Å². The standard InChI is InChI=1S/C14H20N4O2/c1-16-14(20)12-3-2-8-18(12)9-13(19)17-11-6-4-10(15)5-7-11/h4-7,12H,2-3,8-9,15H2,1H3,(H,16,20)(H,17,19). The van der Waals surface area contributed by atoms with E-state index in [1.807, 2.05) is 4.90 Å². The minimum Gasteiger partial charge on any atom is -0.399 e. The number of rotatable bonds is 4. The van der Waals surface area contributed by atoms with E-state index in [0.717, 1.165) is 19.4 Å². The number of nitrogens with one attached hydrogen (secondary N) is 2. The molecule has 2 amide bonds. The molecule has 1 aromatic carbocycles. The fourth-order valence-electron chi connectivity index (χ4n) is 2.43. The van der Waals surface area contributed by atoms with Crippen LogP contribution in [0.3, 0.4) is 0 Å². The van der Waals surface area contributed by atoms with Crippen LogP contribution in [0, 0.1) is 0 Å². The first kappa shape index (κ1) is 14.3. The number of likely N-dealkylation sites (tertiary alicyclic amines) is 1. The molecule has 1 atom stereocenters. The Morgan fingerprint density at radius 2 is 2.05 bits per heavy atom. The van der Waals surface area contributed by atoms with Crippen LogP contribution in [0.15, 0.2) is 24.3 Å². The lowest BCUT2D eigenvalue weighted by Gasteiger charge is -2.22. The molecule has 6 heteroatoms. The van der Waals surface area contributed by atoms with E-state index < -0.39 is 0 Å². The predicted octanol–water partition coefficient (Wildman–Crippen LogP) is 0.418. The van der Waals surface area contributed by atoms with Crippen LogP contribution in [0.4, 0.5) is 11.4 Å². The summed E-state index contributed by atoms with van der Waals surface area (Å²) in [5.41, 5.74) is 6.95. The van der Waals surface area contributed by atoms with E-state index in [1.54, 1.807) is 31.3 Å². The van der Waals surface area contributed by atoms with E-state index >= 15 is 0 Å². The zero-order valence-electron chi connectivity index (χ0n) is 11.6. The molecule has 0 aromatic heterocycles. The van der Waals surface area contributed by atoms with Gasteiger partial charge in [0.1, 0.15) is 0 Å². The van der Waals surface area contributed by atoms with E-state index in [4.69, 9.17) is 5.73 Å². The van der Waals surface area contributed by atoms with E-state index in [0.29, 0.717) is 11.4 Å². The Kier molecular flexibility index (Phi) is 4.57. The van der Waals surface area contributed by atoms with Gasteiger partial charge in [0.2, 0.25) is 11.8 Å². The quantitative estimate of drug-likeness (QED) is 0.695. The Hall–Kier alpha value is -2.08. The number of amides is 2. The normalized spacial score (nSPS) is 18.8. The smallest absolute Gasteiger partial charge is 0.238 e. The van der Waals surface area contributed by atoms with Crippen molar-refractivity contribution < 1.29 is 9.59 Å². The molecule has 4 N–H and O–H groups in total. The minimum atomic E-state index is -0.197. The molecule has 1 heterocycles. The van der Waals surface area contributed by atoms with Gasteiger partial charge in [0.15, 0.2) is 0 Å². The minimum absolute atomic E-state index is 0.0252. The van der Waals surface area contributed by atoms with Crippen molar-refractivity contribution >= 4 is 23.2 Å². The topological polar surface area (TPSA) is 87.5 Å². The third kappa shape index (κ3) is 3.48. The molecule has 0 saturated carbocycles. The third-order valence-electron chi connectivity index (χ3n) is 3.45. The maximum Gasteiger partial charge on any atom is 0.238 e. The van der Waals surface area contributed by atoms with Crippen LogP contribution in [0.5, 0.6) is 0 Å².